The fraction of sp³-hybridized carbons (Fsp3) is 0.353. The first-order valence-corrected chi connectivity index (χ1v) is 8.63. The van der Waals surface area contributed by atoms with Gasteiger partial charge < -0.3 is 15.0 Å². The van der Waals surface area contributed by atoms with Crippen LogP contribution in [0.2, 0.25) is 5.02 Å². The number of ether oxygens (including phenoxy) is 1. The second-order valence-electron chi connectivity index (χ2n) is 5.54. The summed E-state index contributed by atoms with van der Waals surface area (Å²) in [6, 6.07) is 7.58. The fourth-order valence-corrected chi connectivity index (χ4v) is 3.01. The number of hydrogen-bond donors (Lipinski definition) is 1. The zero-order chi connectivity index (χ0) is 16.8. The Balaban J connectivity index is 1.83. The molecule has 2 rings (SSSR count). The molecule has 1 atom stereocenters. The normalized spacial score (nSPS) is 12.2. The Kier molecular flexibility index (Phi) is 6.45. The van der Waals surface area contributed by atoms with Crippen molar-refractivity contribution in [1.29, 1.82) is 0 Å². The average Bonchev–Trinajstić information content (AvgIpc) is 3.02. The van der Waals surface area contributed by atoms with Crippen LogP contribution >= 0.6 is 22.9 Å². The molecular formula is C17H21ClN2O2S. The highest BCUT2D eigenvalue weighted by atomic mass is 35.5. The molecule has 0 aliphatic heterocycles. The molecule has 0 spiro atoms. The standard InChI is InChI=1S/C17H21ClN2O2S/c1-12-8-14(4-5-15(12)18)22-10-17(21)19-9-16(20(2)3)13-6-7-23-11-13/h4-8,11,16H,9-10H2,1-3H3,(H,19,21). The maximum atomic E-state index is 12.0. The summed E-state index contributed by atoms with van der Waals surface area (Å²) in [5.74, 6) is 0.503. The molecule has 0 fully saturated rings. The largest absolute Gasteiger partial charge is 0.484 e. The van der Waals surface area contributed by atoms with Gasteiger partial charge in [-0.25, -0.2) is 0 Å². The molecule has 0 radical (unpaired) electrons. The minimum absolute atomic E-state index is 0.00907. The molecule has 6 heteroatoms. The lowest BCUT2D eigenvalue weighted by Crippen LogP contribution is -2.36. The summed E-state index contributed by atoms with van der Waals surface area (Å²) in [7, 11) is 4.00. The van der Waals surface area contributed by atoms with Crippen molar-refractivity contribution in [3.05, 3.63) is 51.2 Å². The van der Waals surface area contributed by atoms with Gasteiger partial charge in [0.05, 0.1) is 6.04 Å². The second kappa shape index (κ2) is 8.34. The minimum Gasteiger partial charge on any atom is -0.484 e. The molecule has 1 unspecified atom stereocenters. The van der Waals surface area contributed by atoms with Crippen molar-refractivity contribution in [3.63, 3.8) is 0 Å². The molecule has 0 saturated carbocycles. The molecule has 0 saturated heterocycles. The van der Waals surface area contributed by atoms with Crippen LogP contribution in [0.25, 0.3) is 0 Å². The first kappa shape index (κ1) is 17.8. The van der Waals surface area contributed by atoms with E-state index in [1.807, 2.05) is 32.5 Å². The number of rotatable bonds is 7. The topological polar surface area (TPSA) is 41.6 Å². The summed E-state index contributed by atoms with van der Waals surface area (Å²) < 4.78 is 5.50. The third-order valence-corrected chi connectivity index (χ3v) is 4.67. The SMILES string of the molecule is Cc1cc(OCC(=O)NCC(c2ccsc2)N(C)C)ccc1Cl. The average molecular weight is 353 g/mol. The van der Waals surface area contributed by atoms with Crippen LogP contribution in [-0.2, 0) is 4.79 Å². The van der Waals surface area contributed by atoms with Gasteiger partial charge in [0.15, 0.2) is 6.61 Å². The first-order chi connectivity index (χ1) is 11.0. The van der Waals surface area contributed by atoms with E-state index >= 15 is 0 Å². The van der Waals surface area contributed by atoms with Gasteiger partial charge in [0.25, 0.3) is 5.91 Å². The monoisotopic (exact) mass is 352 g/mol. The number of carbonyl (C=O) groups excluding carboxylic acids is 1. The molecule has 1 heterocycles. The van der Waals surface area contributed by atoms with E-state index in [2.05, 4.69) is 21.7 Å². The highest BCUT2D eigenvalue weighted by molar-refractivity contribution is 7.07. The number of thiophene rings is 1. The molecule has 4 nitrogen and oxygen atoms in total. The van der Waals surface area contributed by atoms with Crippen molar-refractivity contribution in [1.82, 2.24) is 10.2 Å². The number of nitrogens with zero attached hydrogens (tertiary/aromatic N) is 1. The summed E-state index contributed by atoms with van der Waals surface area (Å²) in [6.45, 7) is 2.44. The Morgan fingerprint density at radius 2 is 2.17 bits per heavy atom. The minimum atomic E-state index is -0.139. The van der Waals surface area contributed by atoms with Crippen LogP contribution in [0.15, 0.2) is 35.0 Å². The lowest BCUT2D eigenvalue weighted by atomic mass is 10.1. The van der Waals surface area contributed by atoms with E-state index < -0.39 is 0 Å². The molecule has 0 aliphatic carbocycles. The van der Waals surface area contributed by atoms with E-state index in [9.17, 15) is 4.79 Å². The third kappa shape index (κ3) is 5.23. The second-order valence-corrected chi connectivity index (χ2v) is 6.73. The number of hydrogen-bond acceptors (Lipinski definition) is 4. The van der Waals surface area contributed by atoms with Crippen molar-refractivity contribution in [2.75, 3.05) is 27.2 Å². The van der Waals surface area contributed by atoms with Crippen LogP contribution in [0, 0.1) is 6.92 Å². The maximum Gasteiger partial charge on any atom is 0.258 e. The van der Waals surface area contributed by atoms with Crippen LogP contribution in [0.5, 0.6) is 5.75 Å². The molecule has 0 bridgehead atoms. The van der Waals surface area contributed by atoms with Crippen LogP contribution in [0.3, 0.4) is 0 Å². The molecular weight excluding hydrogens is 332 g/mol. The summed E-state index contributed by atoms with van der Waals surface area (Å²) in [4.78, 5) is 14.1. The van der Waals surface area contributed by atoms with Crippen LogP contribution in [0.4, 0.5) is 0 Å². The molecule has 124 valence electrons. The molecule has 1 amide bonds. The van der Waals surface area contributed by atoms with Crippen molar-refractivity contribution in [2.45, 2.75) is 13.0 Å². The van der Waals surface area contributed by atoms with Gasteiger partial charge in [-0.3, -0.25) is 4.79 Å². The van der Waals surface area contributed by atoms with Crippen molar-refractivity contribution < 1.29 is 9.53 Å². The highest BCUT2D eigenvalue weighted by Gasteiger charge is 2.15. The molecule has 1 N–H and O–H groups in total. The molecule has 1 aromatic carbocycles. The Bertz CT molecular complexity index is 644. The lowest BCUT2D eigenvalue weighted by Gasteiger charge is -2.24. The van der Waals surface area contributed by atoms with Gasteiger partial charge in [-0.1, -0.05) is 11.6 Å². The van der Waals surface area contributed by atoms with E-state index in [0.717, 1.165) is 5.56 Å². The smallest absolute Gasteiger partial charge is 0.258 e. The quantitative estimate of drug-likeness (QED) is 0.829. The Morgan fingerprint density at radius 1 is 1.39 bits per heavy atom. The predicted octanol–water partition coefficient (Wildman–Crippen LogP) is 3.51. The Morgan fingerprint density at radius 3 is 2.78 bits per heavy atom. The van der Waals surface area contributed by atoms with Crippen LogP contribution in [-0.4, -0.2) is 38.1 Å². The van der Waals surface area contributed by atoms with Crippen molar-refractivity contribution >= 4 is 28.8 Å². The third-order valence-electron chi connectivity index (χ3n) is 3.54. The zero-order valence-electron chi connectivity index (χ0n) is 13.5. The molecule has 2 aromatic rings. The van der Waals surface area contributed by atoms with E-state index in [-0.39, 0.29) is 18.6 Å². The van der Waals surface area contributed by atoms with E-state index in [0.29, 0.717) is 17.3 Å². The highest BCUT2D eigenvalue weighted by Crippen LogP contribution is 2.21. The van der Waals surface area contributed by atoms with E-state index in [1.54, 1.807) is 23.5 Å². The van der Waals surface area contributed by atoms with Crippen LogP contribution in [0.1, 0.15) is 17.2 Å². The Hall–Kier alpha value is -1.56. The first-order valence-electron chi connectivity index (χ1n) is 7.31. The van der Waals surface area contributed by atoms with Gasteiger partial charge in [-0.15, -0.1) is 0 Å². The molecule has 0 aliphatic rings. The summed E-state index contributed by atoms with van der Waals surface area (Å²) in [6.07, 6.45) is 0. The van der Waals surface area contributed by atoms with Crippen LogP contribution < -0.4 is 10.1 Å². The van der Waals surface area contributed by atoms with Crippen molar-refractivity contribution in [2.24, 2.45) is 0 Å². The van der Waals surface area contributed by atoms with Gasteiger partial charge in [0.2, 0.25) is 0 Å². The number of amides is 1. The Labute approximate surface area is 146 Å². The number of aryl methyl sites for hydroxylation is 1. The molecule has 23 heavy (non-hydrogen) atoms. The number of likely N-dealkylation sites (N-methyl/N-ethyl adjacent to an activating group) is 1. The zero-order valence-corrected chi connectivity index (χ0v) is 15.1. The van der Waals surface area contributed by atoms with Gasteiger partial charge in [-0.2, -0.15) is 11.3 Å². The van der Waals surface area contributed by atoms with Gasteiger partial charge in [-0.05, 0) is 67.2 Å². The summed E-state index contributed by atoms with van der Waals surface area (Å²) >= 11 is 7.62. The summed E-state index contributed by atoms with van der Waals surface area (Å²) in [5, 5.41) is 7.75. The number of nitrogens with one attached hydrogen (secondary N) is 1. The van der Waals surface area contributed by atoms with Gasteiger partial charge in [0, 0.05) is 11.6 Å². The number of halogens is 1. The number of carbonyl (C=O) groups is 1. The lowest BCUT2D eigenvalue weighted by molar-refractivity contribution is -0.123. The predicted molar refractivity (Wildman–Crippen MR) is 95.4 cm³/mol. The van der Waals surface area contributed by atoms with E-state index in [1.165, 1.54) is 5.56 Å². The van der Waals surface area contributed by atoms with Gasteiger partial charge in [0.1, 0.15) is 5.75 Å². The number of benzene rings is 1. The maximum absolute atomic E-state index is 12.0. The van der Waals surface area contributed by atoms with Crippen molar-refractivity contribution in [3.8, 4) is 5.75 Å². The fourth-order valence-electron chi connectivity index (χ4n) is 2.18. The van der Waals surface area contributed by atoms with E-state index in [4.69, 9.17) is 16.3 Å². The molecule has 1 aromatic heterocycles. The summed E-state index contributed by atoms with van der Waals surface area (Å²) in [5.41, 5.74) is 2.13. The van der Waals surface area contributed by atoms with Gasteiger partial charge >= 0.3 is 0 Å².